The molecule has 1 unspecified atom stereocenters. The zero-order valence-electron chi connectivity index (χ0n) is 12.4. The van der Waals surface area contributed by atoms with Gasteiger partial charge < -0.3 is 19.7 Å². The van der Waals surface area contributed by atoms with Crippen LogP contribution in [0.5, 0.6) is 5.75 Å². The van der Waals surface area contributed by atoms with E-state index in [-0.39, 0.29) is 6.61 Å². The Morgan fingerprint density at radius 2 is 2.14 bits per heavy atom. The van der Waals surface area contributed by atoms with Crippen LogP contribution in [-0.2, 0) is 6.42 Å². The molecule has 2 N–H and O–H groups in total. The minimum Gasteiger partial charge on any atom is -0.491 e. The van der Waals surface area contributed by atoms with Crippen LogP contribution < -0.4 is 10.1 Å². The maximum Gasteiger partial charge on any atom is 0.227 e. The van der Waals surface area contributed by atoms with E-state index in [1.807, 2.05) is 31.2 Å². The number of aromatic nitrogens is 2. The van der Waals surface area contributed by atoms with Crippen molar-refractivity contribution in [2.45, 2.75) is 26.4 Å². The molecule has 6 nitrogen and oxygen atoms in total. The summed E-state index contributed by atoms with van der Waals surface area (Å²) in [7, 11) is 0. The van der Waals surface area contributed by atoms with Crippen LogP contribution in [0.1, 0.15) is 17.3 Å². The van der Waals surface area contributed by atoms with E-state index in [1.54, 1.807) is 6.92 Å². The Morgan fingerprint density at radius 1 is 1.33 bits per heavy atom. The summed E-state index contributed by atoms with van der Waals surface area (Å²) in [4.78, 5) is 4.11. The van der Waals surface area contributed by atoms with Crippen molar-refractivity contribution < 1.29 is 14.4 Å². The van der Waals surface area contributed by atoms with Crippen molar-refractivity contribution in [2.24, 2.45) is 0 Å². The van der Waals surface area contributed by atoms with Gasteiger partial charge in [0, 0.05) is 19.5 Å². The zero-order chi connectivity index (χ0) is 15.1. The Labute approximate surface area is 124 Å². The Balaban J connectivity index is 1.61. The van der Waals surface area contributed by atoms with Gasteiger partial charge in [0.25, 0.3) is 0 Å². The summed E-state index contributed by atoms with van der Waals surface area (Å²) >= 11 is 0. The molecule has 114 valence electrons. The fourth-order valence-corrected chi connectivity index (χ4v) is 1.87. The van der Waals surface area contributed by atoms with E-state index in [4.69, 9.17) is 9.26 Å². The molecule has 2 aromatic rings. The number of hydrogen-bond acceptors (Lipinski definition) is 6. The number of benzene rings is 1. The van der Waals surface area contributed by atoms with Gasteiger partial charge in [0.15, 0.2) is 5.82 Å². The van der Waals surface area contributed by atoms with Gasteiger partial charge in [-0.1, -0.05) is 23.4 Å². The van der Waals surface area contributed by atoms with E-state index in [1.165, 1.54) is 0 Å². The molecule has 1 heterocycles. The molecular weight excluding hydrogens is 270 g/mol. The predicted molar refractivity (Wildman–Crippen MR) is 78.3 cm³/mol. The van der Waals surface area contributed by atoms with E-state index < -0.39 is 6.10 Å². The van der Waals surface area contributed by atoms with E-state index in [0.717, 1.165) is 11.3 Å². The van der Waals surface area contributed by atoms with Gasteiger partial charge in [-0.3, -0.25) is 0 Å². The van der Waals surface area contributed by atoms with E-state index in [0.29, 0.717) is 31.2 Å². The number of rotatable bonds is 8. The molecule has 0 amide bonds. The quantitative estimate of drug-likeness (QED) is 0.713. The van der Waals surface area contributed by atoms with Crippen molar-refractivity contribution in [2.75, 3.05) is 19.7 Å². The van der Waals surface area contributed by atoms with Crippen molar-refractivity contribution in [3.8, 4) is 5.75 Å². The molecule has 1 atom stereocenters. The van der Waals surface area contributed by atoms with Gasteiger partial charge in [-0.15, -0.1) is 0 Å². The summed E-state index contributed by atoms with van der Waals surface area (Å²) in [5.74, 6) is 2.04. The number of hydrogen-bond donors (Lipinski definition) is 2. The second-order valence-corrected chi connectivity index (χ2v) is 4.92. The average molecular weight is 291 g/mol. The smallest absolute Gasteiger partial charge is 0.227 e. The lowest BCUT2D eigenvalue weighted by atomic mass is 10.2. The van der Waals surface area contributed by atoms with E-state index >= 15 is 0 Å². The third-order valence-corrected chi connectivity index (χ3v) is 2.99. The SMILES string of the molecule is Cc1noc(CCNCC(O)COc2ccccc2C)n1. The van der Waals surface area contributed by atoms with Crippen LogP contribution in [0, 0.1) is 13.8 Å². The zero-order valence-corrected chi connectivity index (χ0v) is 12.4. The summed E-state index contributed by atoms with van der Waals surface area (Å²) in [5, 5.41) is 16.7. The first-order valence-electron chi connectivity index (χ1n) is 7.01. The third kappa shape index (κ3) is 5.17. The largest absolute Gasteiger partial charge is 0.491 e. The molecule has 0 saturated heterocycles. The molecule has 0 aliphatic heterocycles. The molecule has 1 aromatic carbocycles. The highest BCUT2D eigenvalue weighted by atomic mass is 16.5. The number of para-hydroxylation sites is 1. The number of aryl methyl sites for hydroxylation is 2. The number of ether oxygens (including phenoxy) is 1. The molecule has 0 spiro atoms. The van der Waals surface area contributed by atoms with Crippen LogP contribution in [0.15, 0.2) is 28.8 Å². The number of aliphatic hydroxyl groups excluding tert-OH is 1. The first kappa shape index (κ1) is 15.5. The molecule has 6 heteroatoms. The maximum absolute atomic E-state index is 9.86. The van der Waals surface area contributed by atoms with Gasteiger partial charge in [0.05, 0.1) is 0 Å². The van der Waals surface area contributed by atoms with Crippen molar-refractivity contribution in [3.63, 3.8) is 0 Å². The monoisotopic (exact) mass is 291 g/mol. The van der Waals surface area contributed by atoms with Crippen LogP contribution >= 0.6 is 0 Å². The number of aliphatic hydroxyl groups is 1. The minimum atomic E-state index is -0.561. The lowest BCUT2D eigenvalue weighted by Gasteiger charge is -2.14. The topological polar surface area (TPSA) is 80.4 Å². The first-order valence-corrected chi connectivity index (χ1v) is 7.01. The van der Waals surface area contributed by atoms with Crippen LogP contribution in [0.4, 0.5) is 0 Å². The van der Waals surface area contributed by atoms with Gasteiger partial charge in [0.1, 0.15) is 18.5 Å². The van der Waals surface area contributed by atoms with Crippen molar-refractivity contribution in [1.29, 1.82) is 0 Å². The fraction of sp³-hybridized carbons (Fsp3) is 0.467. The molecule has 0 bridgehead atoms. The Bertz CT molecular complexity index is 557. The Kier molecular flexibility index (Phi) is 5.71. The third-order valence-electron chi connectivity index (χ3n) is 2.99. The van der Waals surface area contributed by atoms with E-state index in [9.17, 15) is 5.11 Å². The van der Waals surface area contributed by atoms with Gasteiger partial charge >= 0.3 is 0 Å². The number of nitrogens with zero attached hydrogens (tertiary/aromatic N) is 2. The molecule has 0 saturated carbocycles. The van der Waals surface area contributed by atoms with Crippen LogP contribution in [-0.4, -0.2) is 41.0 Å². The standard InChI is InChI=1S/C15H21N3O3/c1-11-5-3-4-6-14(11)20-10-13(19)9-16-8-7-15-17-12(2)18-21-15/h3-6,13,16,19H,7-10H2,1-2H3. The molecule has 1 aromatic heterocycles. The van der Waals surface area contributed by atoms with Crippen LogP contribution in [0.25, 0.3) is 0 Å². The predicted octanol–water partition coefficient (Wildman–Crippen LogP) is 1.26. The summed E-state index contributed by atoms with van der Waals surface area (Å²) in [5.41, 5.74) is 1.06. The lowest BCUT2D eigenvalue weighted by Crippen LogP contribution is -2.32. The highest BCUT2D eigenvalue weighted by Gasteiger charge is 2.07. The number of nitrogens with one attached hydrogen (secondary N) is 1. The van der Waals surface area contributed by atoms with Crippen LogP contribution in [0.3, 0.4) is 0 Å². The molecule has 0 aliphatic carbocycles. The van der Waals surface area contributed by atoms with Crippen molar-refractivity contribution >= 4 is 0 Å². The lowest BCUT2D eigenvalue weighted by molar-refractivity contribution is 0.106. The van der Waals surface area contributed by atoms with Crippen molar-refractivity contribution in [1.82, 2.24) is 15.5 Å². The Hall–Kier alpha value is -1.92. The molecule has 2 rings (SSSR count). The summed E-state index contributed by atoms with van der Waals surface area (Å²) < 4.78 is 10.6. The normalized spacial score (nSPS) is 12.3. The average Bonchev–Trinajstić information content (AvgIpc) is 2.88. The van der Waals surface area contributed by atoms with Crippen LogP contribution in [0.2, 0.25) is 0 Å². The fourth-order valence-electron chi connectivity index (χ4n) is 1.87. The summed E-state index contributed by atoms with van der Waals surface area (Å²) in [6.07, 6.45) is 0.0840. The van der Waals surface area contributed by atoms with Gasteiger partial charge in [-0.25, -0.2) is 0 Å². The molecule has 0 aliphatic rings. The first-order chi connectivity index (χ1) is 10.1. The molecule has 0 fully saturated rings. The van der Waals surface area contributed by atoms with Gasteiger partial charge in [0.2, 0.25) is 5.89 Å². The maximum atomic E-state index is 9.86. The second-order valence-electron chi connectivity index (χ2n) is 4.92. The summed E-state index contributed by atoms with van der Waals surface area (Å²) in [6.45, 7) is 5.15. The minimum absolute atomic E-state index is 0.261. The van der Waals surface area contributed by atoms with Crippen molar-refractivity contribution in [3.05, 3.63) is 41.5 Å². The highest BCUT2D eigenvalue weighted by molar-refractivity contribution is 5.31. The van der Waals surface area contributed by atoms with Gasteiger partial charge in [-0.05, 0) is 25.5 Å². The Morgan fingerprint density at radius 3 is 2.86 bits per heavy atom. The van der Waals surface area contributed by atoms with Gasteiger partial charge in [-0.2, -0.15) is 4.98 Å². The molecular formula is C15H21N3O3. The second kappa shape index (κ2) is 7.75. The molecule has 0 radical (unpaired) electrons. The van der Waals surface area contributed by atoms with E-state index in [2.05, 4.69) is 15.5 Å². The summed E-state index contributed by atoms with van der Waals surface area (Å²) in [6, 6.07) is 7.75. The highest BCUT2D eigenvalue weighted by Crippen LogP contribution is 2.16. The molecule has 21 heavy (non-hydrogen) atoms.